The van der Waals surface area contributed by atoms with Crippen molar-refractivity contribution in [3.05, 3.63) is 45.9 Å². The average molecular weight is 357 g/mol. The van der Waals surface area contributed by atoms with Crippen molar-refractivity contribution in [2.75, 3.05) is 11.1 Å². The predicted octanol–water partition coefficient (Wildman–Crippen LogP) is 4.71. The summed E-state index contributed by atoms with van der Waals surface area (Å²) in [6.45, 7) is 0. The average Bonchev–Trinajstić information content (AvgIpc) is 2.73. The molecule has 0 bridgehead atoms. The summed E-state index contributed by atoms with van der Waals surface area (Å²) in [5.41, 5.74) is 7.61. The highest BCUT2D eigenvalue weighted by atomic mass is 79.9. The first-order chi connectivity index (χ1) is 9.56. The van der Waals surface area contributed by atoms with Gasteiger partial charge in [0.2, 0.25) is 5.88 Å². The molecular weight excluding hydrogens is 349 g/mol. The van der Waals surface area contributed by atoms with Gasteiger partial charge in [0.05, 0.1) is 14.9 Å². The number of rotatable bonds is 2. The zero-order valence-corrected chi connectivity index (χ0v) is 12.3. The second-order valence-electron chi connectivity index (χ2n) is 4.09. The van der Waals surface area contributed by atoms with Crippen LogP contribution in [0.25, 0.3) is 11.0 Å². The van der Waals surface area contributed by atoms with E-state index in [-0.39, 0.29) is 10.9 Å². The fourth-order valence-corrected chi connectivity index (χ4v) is 2.44. The number of nitrogens with zero attached hydrogens (tertiary/aromatic N) is 1. The molecule has 0 fully saturated rings. The normalized spacial score (nSPS) is 10.9. The van der Waals surface area contributed by atoms with E-state index in [2.05, 4.69) is 26.2 Å². The monoisotopic (exact) mass is 355 g/mol. The molecule has 102 valence electrons. The molecule has 4 nitrogen and oxygen atoms in total. The van der Waals surface area contributed by atoms with Crippen LogP contribution in [-0.2, 0) is 0 Å². The van der Waals surface area contributed by atoms with Gasteiger partial charge in [0.1, 0.15) is 11.5 Å². The summed E-state index contributed by atoms with van der Waals surface area (Å²) in [5.74, 6) is -0.263. The Balaban J connectivity index is 2.08. The summed E-state index contributed by atoms with van der Waals surface area (Å²) < 4.78 is 19.3. The molecule has 0 saturated carbocycles. The molecule has 0 unspecified atom stereocenters. The van der Waals surface area contributed by atoms with E-state index in [0.717, 1.165) is 5.39 Å². The van der Waals surface area contributed by atoms with E-state index in [4.69, 9.17) is 21.8 Å². The number of nitrogen functional groups attached to an aromatic ring is 1. The topological polar surface area (TPSA) is 64.1 Å². The number of anilines is 3. The Morgan fingerprint density at radius 3 is 2.90 bits per heavy atom. The number of halogens is 3. The molecule has 0 amide bonds. The summed E-state index contributed by atoms with van der Waals surface area (Å²) in [6.07, 6.45) is 3.25. The molecule has 0 atom stereocenters. The van der Waals surface area contributed by atoms with Crippen molar-refractivity contribution < 1.29 is 8.81 Å². The van der Waals surface area contributed by atoms with Crippen LogP contribution in [0.3, 0.4) is 0 Å². The summed E-state index contributed by atoms with van der Waals surface area (Å²) in [7, 11) is 0. The second-order valence-corrected chi connectivity index (χ2v) is 5.35. The summed E-state index contributed by atoms with van der Waals surface area (Å²) in [6, 6.07) is 4.31. The minimum atomic E-state index is -0.480. The van der Waals surface area contributed by atoms with Crippen LogP contribution in [0.5, 0.6) is 0 Å². The van der Waals surface area contributed by atoms with E-state index in [1.807, 2.05) is 0 Å². The van der Waals surface area contributed by atoms with E-state index in [0.29, 0.717) is 21.4 Å². The van der Waals surface area contributed by atoms with Crippen molar-refractivity contribution in [1.82, 2.24) is 4.98 Å². The first-order valence-electron chi connectivity index (χ1n) is 5.60. The molecular formula is C13H8BrClFN3O. The fraction of sp³-hybridized carbons (Fsp3) is 0. The summed E-state index contributed by atoms with van der Waals surface area (Å²) >= 11 is 9.09. The summed E-state index contributed by atoms with van der Waals surface area (Å²) in [5, 5.41) is 3.81. The van der Waals surface area contributed by atoms with Gasteiger partial charge in [-0.15, -0.1) is 0 Å². The van der Waals surface area contributed by atoms with Crippen molar-refractivity contribution in [2.24, 2.45) is 0 Å². The highest BCUT2D eigenvalue weighted by Crippen LogP contribution is 2.38. The lowest BCUT2D eigenvalue weighted by Gasteiger charge is -2.06. The smallest absolute Gasteiger partial charge is 0.215 e. The van der Waals surface area contributed by atoms with E-state index in [9.17, 15) is 4.39 Å². The van der Waals surface area contributed by atoms with Crippen LogP contribution >= 0.6 is 27.5 Å². The largest absolute Gasteiger partial charge is 0.437 e. The zero-order chi connectivity index (χ0) is 14.3. The van der Waals surface area contributed by atoms with Crippen molar-refractivity contribution in [1.29, 1.82) is 0 Å². The lowest BCUT2D eigenvalue weighted by Crippen LogP contribution is -1.94. The van der Waals surface area contributed by atoms with Gasteiger partial charge in [-0.25, -0.2) is 4.39 Å². The van der Waals surface area contributed by atoms with Gasteiger partial charge in [-0.3, -0.25) is 4.98 Å². The van der Waals surface area contributed by atoms with Crippen molar-refractivity contribution >= 4 is 55.8 Å². The highest BCUT2D eigenvalue weighted by molar-refractivity contribution is 9.10. The number of aromatic nitrogens is 1. The minimum absolute atomic E-state index is 0.0284. The predicted molar refractivity (Wildman–Crippen MR) is 80.8 cm³/mol. The Hall–Kier alpha value is -1.79. The second kappa shape index (κ2) is 4.96. The van der Waals surface area contributed by atoms with E-state index < -0.39 is 5.82 Å². The molecule has 3 aromatic rings. The number of nitrogens with one attached hydrogen (secondary N) is 1. The number of hydrogen-bond donors (Lipinski definition) is 2. The van der Waals surface area contributed by atoms with Crippen LogP contribution in [-0.4, -0.2) is 4.98 Å². The van der Waals surface area contributed by atoms with Crippen molar-refractivity contribution in [3.63, 3.8) is 0 Å². The highest BCUT2D eigenvalue weighted by Gasteiger charge is 2.15. The van der Waals surface area contributed by atoms with Crippen LogP contribution < -0.4 is 11.1 Å². The molecule has 0 saturated heterocycles. The number of hydrogen-bond acceptors (Lipinski definition) is 4. The first kappa shape index (κ1) is 13.2. The Kier molecular flexibility index (Phi) is 3.27. The molecule has 3 N–H and O–H groups in total. The quantitative estimate of drug-likeness (QED) is 0.698. The Morgan fingerprint density at radius 2 is 2.15 bits per heavy atom. The van der Waals surface area contributed by atoms with Crippen LogP contribution in [0.15, 0.2) is 39.5 Å². The third-order valence-corrected chi connectivity index (χ3v) is 3.62. The lowest BCUT2D eigenvalue weighted by molar-refractivity contribution is 0.628. The van der Waals surface area contributed by atoms with Gasteiger partial charge in [-0.1, -0.05) is 11.6 Å². The van der Waals surface area contributed by atoms with Gasteiger partial charge in [-0.05, 0) is 34.1 Å². The van der Waals surface area contributed by atoms with Crippen LogP contribution in [0.4, 0.5) is 21.6 Å². The van der Waals surface area contributed by atoms with Gasteiger partial charge in [0.15, 0.2) is 5.58 Å². The van der Waals surface area contributed by atoms with Crippen molar-refractivity contribution in [3.8, 4) is 0 Å². The zero-order valence-electron chi connectivity index (χ0n) is 9.95. The van der Waals surface area contributed by atoms with E-state index in [1.165, 1.54) is 12.1 Å². The number of pyridine rings is 1. The Morgan fingerprint density at radius 1 is 1.35 bits per heavy atom. The van der Waals surface area contributed by atoms with Crippen LogP contribution in [0.2, 0.25) is 5.02 Å². The third-order valence-electron chi connectivity index (χ3n) is 2.77. The minimum Gasteiger partial charge on any atom is -0.437 e. The maximum absolute atomic E-state index is 13.1. The van der Waals surface area contributed by atoms with Gasteiger partial charge < -0.3 is 15.5 Å². The SMILES string of the molecule is Nc1oc2c(Br)cncc2c1Nc1ccc(F)c(Cl)c1. The fourth-order valence-electron chi connectivity index (χ4n) is 1.85. The third kappa shape index (κ3) is 2.21. The molecule has 20 heavy (non-hydrogen) atoms. The Bertz CT molecular complexity index is 806. The Labute approximate surface area is 126 Å². The lowest BCUT2D eigenvalue weighted by atomic mass is 10.2. The molecule has 0 aliphatic carbocycles. The molecule has 0 aliphatic rings. The number of nitrogens with two attached hydrogens (primary N) is 1. The standard InChI is InChI=1S/C13H8BrClFN3O/c14-8-5-18-4-7-11(13(17)20-12(7)8)19-6-1-2-10(16)9(15)3-6/h1-5,19H,17H2. The maximum Gasteiger partial charge on any atom is 0.215 e. The van der Waals surface area contributed by atoms with E-state index in [1.54, 1.807) is 18.5 Å². The van der Waals surface area contributed by atoms with Gasteiger partial charge in [0.25, 0.3) is 0 Å². The molecule has 0 aliphatic heterocycles. The van der Waals surface area contributed by atoms with Gasteiger partial charge in [0, 0.05) is 18.1 Å². The molecule has 1 aromatic carbocycles. The molecule has 3 rings (SSSR count). The number of benzene rings is 1. The first-order valence-corrected chi connectivity index (χ1v) is 6.77. The van der Waals surface area contributed by atoms with Gasteiger partial charge >= 0.3 is 0 Å². The summed E-state index contributed by atoms with van der Waals surface area (Å²) in [4.78, 5) is 4.07. The molecule has 2 aromatic heterocycles. The number of fused-ring (bicyclic) bond motifs is 1. The van der Waals surface area contributed by atoms with E-state index >= 15 is 0 Å². The molecule has 0 radical (unpaired) electrons. The van der Waals surface area contributed by atoms with Gasteiger partial charge in [-0.2, -0.15) is 0 Å². The van der Waals surface area contributed by atoms with Crippen LogP contribution in [0, 0.1) is 5.82 Å². The molecule has 7 heteroatoms. The molecule has 2 heterocycles. The maximum atomic E-state index is 13.1. The molecule has 0 spiro atoms. The number of furan rings is 1. The van der Waals surface area contributed by atoms with Crippen LogP contribution in [0.1, 0.15) is 0 Å². The van der Waals surface area contributed by atoms with Crippen molar-refractivity contribution in [2.45, 2.75) is 0 Å².